The number of aryl methyl sites for hydroxylation is 1. The van der Waals surface area contributed by atoms with Crippen molar-refractivity contribution in [2.75, 3.05) is 18.5 Å². The third kappa shape index (κ3) is 5.18. The summed E-state index contributed by atoms with van der Waals surface area (Å²) in [5.74, 6) is 0.0206. The molecule has 0 spiro atoms. The van der Waals surface area contributed by atoms with E-state index in [-0.39, 0.29) is 25.1 Å². The monoisotopic (exact) mass is 285 g/mol. The number of halogens is 1. The number of rotatable bonds is 5. The van der Waals surface area contributed by atoms with Crippen molar-refractivity contribution in [1.82, 2.24) is 0 Å². The first-order valence-electron chi connectivity index (χ1n) is 5.74. The van der Waals surface area contributed by atoms with Crippen LogP contribution in [0.15, 0.2) is 12.1 Å². The third-order valence-corrected chi connectivity index (χ3v) is 2.53. The Morgan fingerprint density at radius 3 is 2.53 bits per heavy atom. The summed E-state index contributed by atoms with van der Waals surface area (Å²) in [5.41, 5.74) is 1.32. The Kier molecular flexibility index (Phi) is 5.63. The molecule has 19 heavy (non-hydrogen) atoms. The van der Waals surface area contributed by atoms with Crippen LogP contribution in [0.1, 0.15) is 19.4 Å². The highest BCUT2D eigenvalue weighted by Gasteiger charge is 2.08. The van der Waals surface area contributed by atoms with E-state index in [0.717, 1.165) is 5.56 Å². The van der Waals surface area contributed by atoms with Gasteiger partial charge >= 0.3 is 5.97 Å². The molecule has 0 unspecified atom stereocenters. The Balaban J connectivity index is 2.71. The first kappa shape index (κ1) is 15.3. The highest BCUT2D eigenvalue weighted by molar-refractivity contribution is 6.33. The van der Waals surface area contributed by atoms with Gasteiger partial charge < -0.3 is 14.8 Å². The van der Waals surface area contributed by atoms with Crippen LogP contribution >= 0.6 is 11.6 Å². The third-order valence-electron chi connectivity index (χ3n) is 2.22. The van der Waals surface area contributed by atoms with E-state index in [9.17, 15) is 9.59 Å². The minimum atomic E-state index is -0.352. The number of carbonyl (C=O) groups excluding carboxylic acids is 2. The largest absolute Gasteiger partial charge is 0.490 e. The summed E-state index contributed by atoms with van der Waals surface area (Å²) >= 11 is 6.01. The van der Waals surface area contributed by atoms with Crippen molar-refractivity contribution in [2.45, 2.75) is 20.8 Å². The first-order chi connectivity index (χ1) is 8.90. The molecular formula is C13H16ClNO4. The lowest BCUT2D eigenvalue weighted by molar-refractivity contribution is -0.141. The number of amides is 1. The van der Waals surface area contributed by atoms with Gasteiger partial charge in [0.05, 0.1) is 10.7 Å². The second-order valence-electron chi connectivity index (χ2n) is 3.97. The molecule has 1 aromatic rings. The highest BCUT2D eigenvalue weighted by Crippen LogP contribution is 2.30. The highest BCUT2D eigenvalue weighted by atomic mass is 35.5. The van der Waals surface area contributed by atoms with Gasteiger partial charge in [0.2, 0.25) is 5.91 Å². The summed E-state index contributed by atoms with van der Waals surface area (Å²) in [6, 6.07) is 3.35. The van der Waals surface area contributed by atoms with Gasteiger partial charge in [-0.1, -0.05) is 11.6 Å². The zero-order chi connectivity index (χ0) is 14.4. The average Bonchev–Trinajstić information content (AvgIpc) is 2.29. The lowest BCUT2D eigenvalue weighted by Gasteiger charge is -2.12. The molecule has 0 atom stereocenters. The smallest absolute Gasteiger partial charge is 0.302 e. The van der Waals surface area contributed by atoms with Crippen molar-refractivity contribution in [3.8, 4) is 5.75 Å². The predicted molar refractivity (Wildman–Crippen MR) is 72.6 cm³/mol. The Morgan fingerprint density at radius 2 is 1.95 bits per heavy atom. The van der Waals surface area contributed by atoms with Gasteiger partial charge in [-0.2, -0.15) is 0 Å². The van der Waals surface area contributed by atoms with E-state index in [1.54, 1.807) is 12.1 Å². The molecule has 0 aliphatic carbocycles. The minimum absolute atomic E-state index is 0.173. The fourth-order valence-corrected chi connectivity index (χ4v) is 1.70. The van der Waals surface area contributed by atoms with Crippen molar-refractivity contribution < 1.29 is 19.1 Å². The van der Waals surface area contributed by atoms with Crippen molar-refractivity contribution in [1.29, 1.82) is 0 Å². The topological polar surface area (TPSA) is 64.6 Å². The van der Waals surface area contributed by atoms with Gasteiger partial charge in [-0.3, -0.25) is 9.59 Å². The van der Waals surface area contributed by atoms with Crippen LogP contribution in [0.2, 0.25) is 5.02 Å². The maximum Gasteiger partial charge on any atom is 0.302 e. The molecule has 0 saturated carbocycles. The molecule has 0 heterocycles. The number of ether oxygens (including phenoxy) is 2. The van der Waals surface area contributed by atoms with Gasteiger partial charge in [0, 0.05) is 19.9 Å². The standard InChI is InChI=1S/C13H16ClNO4/c1-8-6-11(14)12(15-9(2)16)7-13(8)19-5-4-18-10(3)17/h6-7H,4-5H2,1-3H3,(H,15,16). The van der Waals surface area contributed by atoms with E-state index < -0.39 is 0 Å². The fraction of sp³-hybridized carbons (Fsp3) is 0.385. The molecule has 104 valence electrons. The molecule has 0 radical (unpaired) electrons. The van der Waals surface area contributed by atoms with E-state index >= 15 is 0 Å². The second kappa shape index (κ2) is 6.99. The molecule has 0 saturated heterocycles. The van der Waals surface area contributed by atoms with Crippen LogP contribution in [0.3, 0.4) is 0 Å². The summed E-state index contributed by atoms with van der Waals surface area (Å²) in [4.78, 5) is 21.6. The molecular weight excluding hydrogens is 270 g/mol. The Labute approximate surface area is 116 Å². The van der Waals surface area contributed by atoms with Gasteiger partial charge in [-0.25, -0.2) is 0 Å². The molecule has 0 bridgehead atoms. The molecule has 5 nitrogen and oxygen atoms in total. The second-order valence-corrected chi connectivity index (χ2v) is 4.37. The quantitative estimate of drug-likeness (QED) is 0.667. The van der Waals surface area contributed by atoms with E-state index in [2.05, 4.69) is 5.32 Å². The van der Waals surface area contributed by atoms with Gasteiger partial charge in [-0.15, -0.1) is 0 Å². The van der Waals surface area contributed by atoms with Crippen LogP contribution in [-0.4, -0.2) is 25.1 Å². The molecule has 1 rings (SSSR count). The number of anilines is 1. The molecule has 0 aromatic heterocycles. The molecule has 6 heteroatoms. The van der Waals surface area contributed by atoms with E-state index in [0.29, 0.717) is 16.5 Å². The molecule has 1 amide bonds. The number of benzene rings is 1. The van der Waals surface area contributed by atoms with Crippen molar-refractivity contribution in [2.24, 2.45) is 0 Å². The normalized spacial score (nSPS) is 9.89. The maximum absolute atomic E-state index is 11.0. The fourth-order valence-electron chi connectivity index (χ4n) is 1.43. The van der Waals surface area contributed by atoms with E-state index in [1.807, 2.05) is 6.92 Å². The predicted octanol–water partition coefficient (Wildman–Crippen LogP) is 2.55. The van der Waals surface area contributed by atoms with Crippen LogP contribution in [0.4, 0.5) is 5.69 Å². The lowest BCUT2D eigenvalue weighted by Crippen LogP contribution is -2.11. The SMILES string of the molecule is CC(=O)Nc1cc(OCCOC(C)=O)c(C)cc1Cl. The van der Waals surface area contributed by atoms with Crippen molar-refractivity contribution in [3.63, 3.8) is 0 Å². The summed E-state index contributed by atoms with van der Waals surface area (Å²) in [6.07, 6.45) is 0. The van der Waals surface area contributed by atoms with Crippen LogP contribution in [-0.2, 0) is 14.3 Å². The summed E-state index contributed by atoms with van der Waals surface area (Å²) in [5, 5.41) is 3.06. The zero-order valence-corrected chi connectivity index (χ0v) is 11.8. The molecule has 0 fully saturated rings. The molecule has 0 aliphatic rings. The number of carbonyl (C=O) groups is 2. The Morgan fingerprint density at radius 1 is 1.26 bits per heavy atom. The number of hydrogen-bond acceptors (Lipinski definition) is 4. The van der Waals surface area contributed by atoms with Crippen molar-refractivity contribution >= 4 is 29.2 Å². The van der Waals surface area contributed by atoms with E-state index in [4.69, 9.17) is 21.1 Å². The van der Waals surface area contributed by atoms with Crippen molar-refractivity contribution in [3.05, 3.63) is 22.7 Å². The van der Waals surface area contributed by atoms with Crippen LogP contribution in [0.25, 0.3) is 0 Å². The lowest BCUT2D eigenvalue weighted by atomic mass is 10.2. The number of esters is 1. The van der Waals surface area contributed by atoms with Gasteiger partial charge in [0.25, 0.3) is 0 Å². The minimum Gasteiger partial charge on any atom is -0.490 e. The van der Waals surface area contributed by atoms with Crippen LogP contribution in [0.5, 0.6) is 5.75 Å². The number of nitrogens with one attached hydrogen (secondary N) is 1. The van der Waals surface area contributed by atoms with Crippen LogP contribution in [0, 0.1) is 6.92 Å². The Hall–Kier alpha value is -1.75. The van der Waals surface area contributed by atoms with Gasteiger partial charge in [0.15, 0.2) is 0 Å². The first-order valence-corrected chi connectivity index (χ1v) is 6.12. The summed E-state index contributed by atoms with van der Waals surface area (Å²) in [6.45, 7) is 4.98. The summed E-state index contributed by atoms with van der Waals surface area (Å²) < 4.78 is 10.2. The average molecular weight is 286 g/mol. The number of hydrogen-bond donors (Lipinski definition) is 1. The molecule has 0 aliphatic heterocycles. The van der Waals surface area contributed by atoms with Gasteiger partial charge in [-0.05, 0) is 18.6 Å². The van der Waals surface area contributed by atoms with Crippen LogP contribution < -0.4 is 10.1 Å². The summed E-state index contributed by atoms with van der Waals surface area (Å²) in [7, 11) is 0. The van der Waals surface area contributed by atoms with Gasteiger partial charge in [0.1, 0.15) is 19.0 Å². The maximum atomic E-state index is 11.0. The Bertz CT molecular complexity index is 488. The molecule has 1 aromatic carbocycles. The van der Waals surface area contributed by atoms with E-state index in [1.165, 1.54) is 13.8 Å². The molecule has 1 N–H and O–H groups in total. The zero-order valence-electron chi connectivity index (χ0n) is 11.1.